The van der Waals surface area contributed by atoms with E-state index in [1.807, 2.05) is 13.0 Å². The molecule has 1 aromatic heterocycles. The second-order valence-corrected chi connectivity index (χ2v) is 9.44. The maximum atomic E-state index is 11.9. The molecule has 7 heteroatoms. The molecule has 132 valence electrons. The maximum absolute atomic E-state index is 11.9. The number of sulfone groups is 1. The van der Waals surface area contributed by atoms with E-state index in [9.17, 15) is 18.8 Å². The molecule has 1 unspecified atom stereocenters. The molecule has 1 aromatic rings. The van der Waals surface area contributed by atoms with Gasteiger partial charge in [-0.3, -0.25) is 0 Å². The first-order valence-corrected chi connectivity index (χ1v) is 11.2. The summed E-state index contributed by atoms with van der Waals surface area (Å²) in [6.07, 6.45) is 4.60. The van der Waals surface area contributed by atoms with E-state index in [2.05, 4.69) is 11.1 Å². The summed E-state index contributed by atoms with van der Waals surface area (Å²) >= 11 is 1.27. The number of hydrogen-bond acceptors (Lipinski definition) is 6. The SMILES string of the molecule is CCCCS(=O)(=O)CC(O)CSc1nc2c(cc1C#N)CCCC2. The number of aliphatic hydroxyl groups is 1. The second-order valence-electron chi connectivity index (χ2n) is 6.20. The minimum Gasteiger partial charge on any atom is -0.391 e. The number of aliphatic hydroxyl groups excluding tert-OH is 1. The van der Waals surface area contributed by atoms with Crippen molar-refractivity contribution in [2.75, 3.05) is 17.3 Å². The zero-order valence-corrected chi connectivity index (χ0v) is 15.6. The van der Waals surface area contributed by atoms with Gasteiger partial charge in [-0.2, -0.15) is 5.26 Å². The number of nitrogens with zero attached hydrogens (tertiary/aromatic N) is 2. The molecule has 0 radical (unpaired) electrons. The van der Waals surface area contributed by atoms with Crippen LogP contribution in [0.3, 0.4) is 0 Å². The van der Waals surface area contributed by atoms with Gasteiger partial charge in [0.15, 0.2) is 9.84 Å². The van der Waals surface area contributed by atoms with Crippen LogP contribution in [0.1, 0.15) is 49.4 Å². The minimum atomic E-state index is -3.23. The first-order valence-electron chi connectivity index (χ1n) is 8.39. The molecule has 1 aliphatic carbocycles. The number of pyridine rings is 1. The molecule has 2 rings (SSSR count). The topological polar surface area (TPSA) is 91.1 Å². The highest BCUT2D eigenvalue weighted by Gasteiger charge is 2.19. The van der Waals surface area contributed by atoms with Gasteiger partial charge >= 0.3 is 0 Å². The Morgan fingerprint density at radius 2 is 2.17 bits per heavy atom. The summed E-state index contributed by atoms with van der Waals surface area (Å²) in [4.78, 5) is 4.58. The molecule has 24 heavy (non-hydrogen) atoms. The van der Waals surface area contributed by atoms with Gasteiger partial charge in [0.2, 0.25) is 0 Å². The summed E-state index contributed by atoms with van der Waals surface area (Å²) in [6.45, 7) is 1.94. The van der Waals surface area contributed by atoms with Crippen LogP contribution in [0.4, 0.5) is 0 Å². The van der Waals surface area contributed by atoms with E-state index in [0.29, 0.717) is 17.0 Å². The van der Waals surface area contributed by atoms with Gasteiger partial charge in [-0.05, 0) is 43.7 Å². The van der Waals surface area contributed by atoms with Gasteiger partial charge in [-0.25, -0.2) is 13.4 Å². The molecule has 0 saturated carbocycles. The van der Waals surface area contributed by atoms with Crippen molar-refractivity contribution < 1.29 is 13.5 Å². The van der Waals surface area contributed by atoms with E-state index in [0.717, 1.165) is 43.4 Å². The molecule has 0 saturated heterocycles. The summed E-state index contributed by atoms with van der Waals surface area (Å²) in [5, 5.41) is 19.9. The van der Waals surface area contributed by atoms with Crippen molar-refractivity contribution in [1.29, 1.82) is 5.26 Å². The van der Waals surface area contributed by atoms with Crippen LogP contribution in [-0.2, 0) is 22.7 Å². The van der Waals surface area contributed by atoms with E-state index in [1.165, 1.54) is 11.8 Å². The van der Waals surface area contributed by atoms with Crippen molar-refractivity contribution in [3.63, 3.8) is 0 Å². The third-order valence-corrected chi connectivity index (χ3v) is 6.99. The van der Waals surface area contributed by atoms with Crippen molar-refractivity contribution in [3.8, 4) is 6.07 Å². The van der Waals surface area contributed by atoms with Gasteiger partial charge in [-0.1, -0.05) is 13.3 Å². The van der Waals surface area contributed by atoms with Crippen molar-refractivity contribution in [1.82, 2.24) is 4.98 Å². The van der Waals surface area contributed by atoms with E-state index < -0.39 is 15.9 Å². The smallest absolute Gasteiger partial charge is 0.152 e. The molecule has 0 fully saturated rings. The van der Waals surface area contributed by atoms with Gasteiger partial charge < -0.3 is 5.11 Å². The molecule has 1 aliphatic rings. The third-order valence-electron chi connectivity index (χ3n) is 4.05. The molecular weight excluding hydrogens is 344 g/mol. The lowest BCUT2D eigenvalue weighted by Gasteiger charge is -2.17. The highest BCUT2D eigenvalue weighted by atomic mass is 32.2. The fourth-order valence-corrected chi connectivity index (χ4v) is 5.42. The van der Waals surface area contributed by atoms with Crippen molar-refractivity contribution >= 4 is 21.6 Å². The molecule has 5 nitrogen and oxygen atoms in total. The molecule has 0 spiro atoms. The Kier molecular flexibility index (Phi) is 7.08. The van der Waals surface area contributed by atoms with Crippen LogP contribution in [-0.4, -0.2) is 41.9 Å². The number of nitriles is 1. The van der Waals surface area contributed by atoms with Gasteiger partial charge in [0.05, 0.1) is 23.2 Å². The van der Waals surface area contributed by atoms with Crippen molar-refractivity contribution in [2.45, 2.75) is 56.6 Å². The zero-order chi connectivity index (χ0) is 17.6. The zero-order valence-electron chi connectivity index (χ0n) is 14.0. The van der Waals surface area contributed by atoms with E-state index >= 15 is 0 Å². The molecule has 0 aromatic carbocycles. The Morgan fingerprint density at radius 1 is 1.42 bits per heavy atom. The predicted molar refractivity (Wildman–Crippen MR) is 95.9 cm³/mol. The molecule has 1 atom stereocenters. The number of unbranched alkanes of at least 4 members (excludes halogenated alkanes) is 1. The summed E-state index contributed by atoms with van der Waals surface area (Å²) < 4.78 is 23.8. The molecule has 1 heterocycles. The number of fused-ring (bicyclic) bond motifs is 1. The fraction of sp³-hybridized carbons (Fsp3) is 0.647. The Labute approximate surface area is 148 Å². The van der Waals surface area contributed by atoms with Gasteiger partial charge in [0.25, 0.3) is 0 Å². The highest BCUT2D eigenvalue weighted by Crippen LogP contribution is 2.27. The van der Waals surface area contributed by atoms with E-state index in [4.69, 9.17) is 0 Å². The maximum Gasteiger partial charge on any atom is 0.152 e. The van der Waals surface area contributed by atoms with Gasteiger partial charge in [0, 0.05) is 11.4 Å². The minimum absolute atomic E-state index is 0.117. The number of thioether (sulfide) groups is 1. The third kappa shape index (κ3) is 5.47. The van der Waals surface area contributed by atoms with Gasteiger partial charge in [0.1, 0.15) is 11.1 Å². The summed E-state index contributed by atoms with van der Waals surface area (Å²) in [5.41, 5.74) is 2.69. The van der Waals surface area contributed by atoms with Crippen LogP contribution in [0, 0.1) is 11.3 Å². The summed E-state index contributed by atoms with van der Waals surface area (Å²) in [7, 11) is -3.23. The number of hydrogen-bond donors (Lipinski definition) is 1. The van der Waals surface area contributed by atoms with Gasteiger partial charge in [-0.15, -0.1) is 11.8 Å². The lowest BCUT2D eigenvalue weighted by atomic mass is 9.95. The number of aromatic nitrogens is 1. The van der Waals surface area contributed by atoms with Crippen LogP contribution < -0.4 is 0 Å². The second kappa shape index (κ2) is 8.84. The van der Waals surface area contributed by atoms with Crippen LogP contribution in [0.2, 0.25) is 0 Å². The quantitative estimate of drug-likeness (QED) is 0.709. The Morgan fingerprint density at radius 3 is 2.88 bits per heavy atom. The standard InChI is InChI=1S/C17H24N2O3S2/c1-2-3-8-24(21,22)12-15(20)11-23-17-14(10-18)9-13-6-4-5-7-16(13)19-17/h9,15,20H,2-8,11-12H2,1H3. The monoisotopic (exact) mass is 368 g/mol. The molecule has 0 aliphatic heterocycles. The van der Waals surface area contributed by atoms with Crippen LogP contribution in [0.25, 0.3) is 0 Å². The van der Waals surface area contributed by atoms with Crippen LogP contribution >= 0.6 is 11.8 Å². The molecule has 1 N–H and O–H groups in total. The van der Waals surface area contributed by atoms with E-state index in [-0.39, 0.29) is 17.3 Å². The predicted octanol–water partition coefficient (Wildman–Crippen LogP) is 2.50. The van der Waals surface area contributed by atoms with Crippen molar-refractivity contribution in [3.05, 3.63) is 22.9 Å². The molecule has 0 amide bonds. The summed E-state index contributed by atoms with van der Waals surface area (Å²) in [6, 6.07) is 4.06. The van der Waals surface area contributed by atoms with Crippen molar-refractivity contribution in [2.24, 2.45) is 0 Å². The Bertz CT molecular complexity index is 711. The number of aryl methyl sites for hydroxylation is 2. The summed E-state index contributed by atoms with van der Waals surface area (Å²) in [5.74, 6) is 0.115. The number of rotatable bonds is 8. The largest absolute Gasteiger partial charge is 0.391 e. The fourth-order valence-electron chi connectivity index (χ4n) is 2.77. The lowest BCUT2D eigenvalue weighted by molar-refractivity contribution is 0.222. The highest BCUT2D eigenvalue weighted by molar-refractivity contribution is 7.99. The average Bonchev–Trinajstić information content (AvgIpc) is 2.57. The first-order chi connectivity index (χ1) is 11.4. The first kappa shape index (κ1) is 19.2. The Hall–Kier alpha value is -1.10. The Balaban J connectivity index is 2.00. The van der Waals surface area contributed by atoms with Crippen LogP contribution in [0.15, 0.2) is 11.1 Å². The normalized spacial score (nSPS) is 15.5. The van der Waals surface area contributed by atoms with E-state index in [1.54, 1.807) is 0 Å². The molecule has 0 bridgehead atoms. The average molecular weight is 369 g/mol. The van der Waals surface area contributed by atoms with Crippen LogP contribution in [0.5, 0.6) is 0 Å². The molecular formula is C17H24N2O3S2. The lowest BCUT2D eigenvalue weighted by Crippen LogP contribution is -2.25.